The van der Waals surface area contributed by atoms with E-state index in [9.17, 15) is 15.0 Å². The van der Waals surface area contributed by atoms with E-state index in [0.29, 0.717) is 24.9 Å². The van der Waals surface area contributed by atoms with Crippen LogP contribution in [0.4, 0.5) is 4.79 Å². The van der Waals surface area contributed by atoms with Crippen LogP contribution in [0.1, 0.15) is 84.6 Å². The Hall–Kier alpha value is -1.67. The highest BCUT2D eigenvalue weighted by atomic mass is 16.5. The van der Waals surface area contributed by atoms with Gasteiger partial charge in [-0.2, -0.15) is 0 Å². The number of carbonyl (C=O) groups is 1. The van der Waals surface area contributed by atoms with Crippen molar-refractivity contribution in [2.75, 3.05) is 20.6 Å². The van der Waals surface area contributed by atoms with Crippen LogP contribution in [-0.4, -0.2) is 76.6 Å². The first-order chi connectivity index (χ1) is 20.2. The minimum atomic E-state index is -0.724. The number of nitrogens with two attached hydrogens (primary N) is 1. The summed E-state index contributed by atoms with van der Waals surface area (Å²) in [6, 6.07) is 10.1. The number of ether oxygens (including phenoxy) is 1. The van der Waals surface area contributed by atoms with Crippen molar-refractivity contribution in [2.24, 2.45) is 51.1 Å². The summed E-state index contributed by atoms with van der Waals surface area (Å²) >= 11 is 0. The Morgan fingerprint density at radius 1 is 1.00 bits per heavy atom. The molecule has 12 unspecified atom stereocenters. The van der Waals surface area contributed by atoms with Crippen LogP contribution in [0.25, 0.3) is 0 Å². The average molecular weight is 594 g/mol. The van der Waals surface area contributed by atoms with Gasteiger partial charge in [0.15, 0.2) is 0 Å². The van der Waals surface area contributed by atoms with Crippen LogP contribution in [0, 0.1) is 45.3 Å². The van der Waals surface area contributed by atoms with E-state index in [4.69, 9.17) is 10.5 Å². The summed E-state index contributed by atoms with van der Waals surface area (Å²) in [5.74, 6) is 1.34. The molecular formula is C36H55N3O4. The molecule has 12 atom stereocenters. The van der Waals surface area contributed by atoms with E-state index in [1.54, 1.807) is 19.0 Å². The van der Waals surface area contributed by atoms with Crippen LogP contribution in [-0.2, 0) is 11.3 Å². The molecule has 1 saturated heterocycles. The number of carbonyl (C=O) groups excluding carboxylic acids is 1. The van der Waals surface area contributed by atoms with Gasteiger partial charge in [-0.05, 0) is 102 Å². The second-order valence-electron chi connectivity index (χ2n) is 16.8. The van der Waals surface area contributed by atoms with Crippen LogP contribution in [0.15, 0.2) is 30.3 Å². The van der Waals surface area contributed by atoms with Crippen LogP contribution < -0.4 is 5.73 Å². The molecular weight excluding hydrogens is 538 g/mol. The Labute approximate surface area is 258 Å². The van der Waals surface area contributed by atoms with Gasteiger partial charge in [-0.1, -0.05) is 58.0 Å². The van der Waals surface area contributed by atoms with Crippen molar-refractivity contribution in [3.8, 4) is 0 Å². The maximum Gasteiger partial charge on any atom is 0.319 e. The zero-order valence-electron chi connectivity index (χ0n) is 27.3. The number of hydrogen-bond acceptors (Lipinski definition) is 5. The molecule has 1 heterocycles. The first kappa shape index (κ1) is 30.0. The maximum atomic E-state index is 13.3. The molecule has 5 saturated carbocycles. The highest BCUT2D eigenvalue weighted by Crippen LogP contribution is 2.87. The second-order valence-corrected chi connectivity index (χ2v) is 16.8. The summed E-state index contributed by atoms with van der Waals surface area (Å²) in [4.78, 5) is 16.8. The van der Waals surface area contributed by atoms with Gasteiger partial charge in [-0.25, -0.2) is 4.79 Å². The van der Waals surface area contributed by atoms with Crippen LogP contribution >= 0.6 is 0 Å². The van der Waals surface area contributed by atoms with Crippen molar-refractivity contribution in [3.63, 3.8) is 0 Å². The maximum absolute atomic E-state index is 13.3. The van der Waals surface area contributed by atoms with Crippen molar-refractivity contribution in [3.05, 3.63) is 35.9 Å². The summed E-state index contributed by atoms with van der Waals surface area (Å²) < 4.78 is 6.92. The molecule has 6 aliphatic rings. The molecule has 7 rings (SSSR count). The largest absolute Gasteiger partial charge is 0.393 e. The Bertz CT molecular complexity index is 1260. The van der Waals surface area contributed by atoms with Crippen molar-refractivity contribution >= 4 is 6.03 Å². The monoisotopic (exact) mass is 593 g/mol. The number of aliphatic hydroxyl groups excluding tert-OH is 2. The summed E-state index contributed by atoms with van der Waals surface area (Å²) in [6.45, 7) is 10.3. The van der Waals surface area contributed by atoms with E-state index in [2.05, 4.69) is 39.8 Å². The summed E-state index contributed by atoms with van der Waals surface area (Å²) in [7, 11) is 3.60. The SMILES string of the molecule is CC1CC(CN(Cc2ccccc2)C(=O)N(C)C)OC2C1C1(C)CCC34CC35CCC(O)C(C)(C)C5CCC4C1(N)C2O. The third-order valence-electron chi connectivity index (χ3n) is 14.6. The van der Waals surface area contributed by atoms with Gasteiger partial charge in [0.2, 0.25) is 0 Å². The van der Waals surface area contributed by atoms with Gasteiger partial charge in [-0.3, -0.25) is 0 Å². The molecule has 1 aromatic carbocycles. The van der Waals surface area contributed by atoms with Gasteiger partial charge in [0.1, 0.15) is 0 Å². The minimum absolute atomic E-state index is 0.0246. The molecule has 238 valence electrons. The first-order valence-electron chi connectivity index (χ1n) is 17.0. The van der Waals surface area contributed by atoms with Crippen molar-refractivity contribution in [2.45, 2.75) is 116 Å². The molecule has 6 fully saturated rings. The number of urea groups is 1. The number of aliphatic hydroxyl groups is 2. The quantitative estimate of drug-likeness (QED) is 0.455. The van der Waals surface area contributed by atoms with E-state index in [1.165, 1.54) is 12.8 Å². The molecule has 5 aliphatic carbocycles. The van der Waals surface area contributed by atoms with Crippen molar-refractivity contribution in [1.82, 2.24) is 9.80 Å². The Kier molecular flexibility index (Phi) is 6.75. The summed E-state index contributed by atoms with van der Waals surface area (Å²) in [5.41, 5.74) is 8.31. The van der Waals surface area contributed by atoms with Crippen LogP contribution in [0.5, 0.6) is 0 Å². The number of benzene rings is 1. The van der Waals surface area contributed by atoms with Gasteiger partial charge in [-0.15, -0.1) is 0 Å². The topological polar surface area (TPSA) is 99.3 Å². The molecule has 4 N–H and O–H groups in total. The normalized spacial score (nSPS) is 49.0. The number of nitrogens with zero attached hydrogens (tertiary/aromatic N) is 2. The van der Waals surface area contributed by atoms with E-state index in [0.717, 1.165) is 44.1 Å². The fraction of sp³-hybridized carbons (Fsp3) is 0.806. The third kappa shape index (κ3) is 3.83. The summed E-state index contributed by atoms with van der Waals surface area (Å²) in [5, 5.41) is 23.4. The minimum Gasteiger partial charge on any atom is -0.393 e. The van der Waals surface area contributed by atoms with Crippen molar-refractivity contribution < 1.29 is 19.7 Å². The molecule has 43 heavy (non-hydrogen) atoms. The third-order valence-corrected chi connectivity index (χ3v) is 14.6. The van der Waals surface area contributed by atoms with E-state index in [-0.39, 0.29) is 57.8 Å². The van der Waals surface area contributed by atoms with E-state index < -0.39 is 11.6 Å². The average Bonchev–Trinajstić information content (AvgIpc) is 3.60. The first-order valence-corrected chi connectivity index (χ1v) is 17.0. The Balaban J connectivity index is 1.16. The van der Waals surface area contributed by atoms with Gasteiger partial charge >= 0.3 is 6.03 Å². The number of amides is 2. The second kappa shape index (κ2) is 9.67. The molecule has 2 spiro atoms. The van der Waals surface area contributed by atoms with Gasteiger partial charge in [0, 0.05) is 27.2 Å². The predicted molar refractivity (Wildman–Crippen MR) is 167 cm³/mol. The fourth-order valence-electron chi connectivity index (χ4n) is 12.7. The van der Waals surface area contributed by atoms with Crippen LogP contribution in [0.2, 0.25) is 0 Å². The molecule has 0 radical (unpaired) electrons. The molecule has 0 aromatic heterocycles. The molecule has 1 aromatic rings. The van der Waals surface area contributed by atoms with E-state index in [1.807, 2.05) is 23.1 Å². The highest BCUT2D eigenvalue weighted by molar-refractivity contribution is 5.73. The molecule has 2 amide bonds. The number of rotatable bonds is 4. The lowest BCUT2D eigenvalue weighted by Gasteiger charge is -2.63. The standard InChI is InChI=1S/C36H55N3O4/c1-22-18-24(20-39(31(42)38(5)6)19-23-10-8-7-9-11-23)43-29-28(22)33(4)16-17-35-21-34(35)15-14-27(40)32(2,3)25(34)12-13-26(35)36(33,37)30(29)41/h7-11,22,24-30,40-41H,12-21,37H2,1-6H3. The lowest BCUT2D eigenvalue weighted by atomic mass is 9.43. The van der Waals surface area contributed by atoms with Crippen molar-refractivity contribution in [1.29, 1.82) is 0 Å². The molecule has 0 bridgehead atoms. The lowest BCUT2D eigenvalue weighted by Crippen LogP contribution is -2.70. The highest BCUT2D eigenvalue weighted by Gasteiger charge is 2.85. The smallest absolute Gasteiger partial charge is 0.319 e. The van der Waals surface area contributed by atoms with Gasteiger partial charge < -0.3 is 30.5 Å². The van der Waals surface area contributed by atoms with Crippen LogP contribution in [0.3, 0.4) is 0 Å². The van der Waals surface area contributed by atoms with E-state index >= 15 is 0 Å². The zero-order chi connectivity index (χ0) is 30.7. The Morgan fingerprint density at radius 3 is 2.37 bits per heavy atom. The summed E-state index contributed by atoms with van der Waals surface area (Å²) in [6.07, 6.45) is 6.97. The lowest BCUT2D eigenvalue weighted by molar-refractivity contribution is -0.152. The zero-order valence-corrected chi connectivity index (χ0v) is 27.3. The van der Waals surface area contributed by atoms with Gasteiger partial charge in [0.05, 0.1) is 30.0 Å². The predicted octanol–water partition coefficient (Wildman–Crippen LogP) is 5.04. The molecule has 1 aliphatic heterocycles. The molecule has 7 heteroatoms. The van der Waals surface area contributed by atoms with Gasteiger partial charge in [0.25, 0.3) is 0 Å². The molecule has 7 nitrogen and oxygen atoms in total. The number of fused-ring (bicyclic) bond motifs is 4. The fourth-order valence-corrected chi connectivity index (χ4v) is 12.7. The number of hydrogen-bond donors (Lipinski definition) is 3. The Morgan fingerprint density at radius 2 is 1.67 bits per heavy atom.